The third-order valence-corrected chi connectivity index (χ3v) is 7.75. The standard InChI is InChI=1S/C21H32N4O5S/c1-24(30-2)31(28,29)19-10-8-16(9-11-19)20(26)22-18-12-14-25(15-13-18)21(27)23-17-6-4-3-5-7-17/h8-11,17-18H,3-7,12-15H2,1-2H3,(H,22,26)(H,23,27). The summed E-state index contributed by atoms with van der Waals surface area (Å²) in [6, 6.07) is 6.00. The summed E-state index contributed by atoms with van der Waals surface area (Å²) in [4.78, 5) is 31.6. The van der Waals surface area contributed by atoms with Gasteiger partial charge in [0, 0.05) is 37.8 Å². The molecule has 9 nitrogen and oxygen atoms in total. The number of piperidine rings is 1. The summed E-state index contributed by atoms with van der Waals surface area (Å²) < 4.78 is 25.2. The monoisotopic (exact) mass is 452 g/mol. The van der Waals surface area contributed by atoms with E-state index < -0.39 is 10.0 Å². The smallest absolute Gasteiger partial charge is 0.317 e. The predicted molar refractivity (Wildman–Crippen MR) is 116 cm³/mol. The Kier molecular flexibility index (Phi) is 7.90. The molecule has 0 unspecified atom stereocenters. The van der Waals surface area contributed by atoms with E-state index in [4.69, 9.17) is 4.84 Å². The maximum Gasteiger partial charge on any atom is 0.317 e. The molecule has 3 amide bonds. The lowest BCUT2D eigenvalue weighted by Crippen LogP contribution is -2.51. The topological polar surface area (TPSA) is 108 Å². The maximum atomic E-state index is 12.6. The average molecular weight is 453 g/mol. The van der Waals surface area contributed by atoms with Crippen molar-refractivity contribution in [1.29, 1.82) is 0 Å². The fraction of sp³-hybridized carbons (Fsp3) is 0.619. The van der Waals surface area contributed by atoms with Crippen LogP contribution < -0.4 is 10.6 Å². The molecule has 0 spiro atoms. The van der Waals surface area contributed by atoms with Crippen molar-refractivity contribution in [3.63, 3.8) is 0 Å². The fourth-order valence-corrected chi connectivity index (χ4v) is 5.01. The predicted octanol–water partition coefficient (Wildman–Crippen LogP) is 2.10. The number of hydroxylamine groups is 1. The van der Waals surface area contributed by atoms with E-state index in [2.05, 4.69) is 10.6 Å². The summed E-state index contributed by atoms with van der Waals surface area (Å²) >= 11 is 0. The van der Waals surface area contributed by atoms with Crippen LogP contribution in [0.15, 0.2) is 29.2 Å². The Hall–Kier alpha value is -2.17. The number of amides is 3. The highest BCUT2D eigenvalue weighted by atomic mass is 32.2. The van der Waals surface area contributed by atoms with E-state index in [0.29, 0.717) is 31.5 Å². The number of hydrogen-bond acceptors (Lipinski definition) is 5. The third kappa shape index (κ3) is 5.96. The Balaban J connectivity index is 1.48. The Morgan fingerprint density at radius 2 is 1.55 bits per heavy atom. The summed E-state index contributed by atoms with van der Waals surface area (Å²) in [5.74, 6) is -0.255. The highest BCUT2D eigenvalue weighted by Gasteiger charge is 2.26. The lowest BCUT2D eigenvalue weighted by molar-refractivity contribution is -0.0258. The van der Waals surface area contributed by atoms with E-state index in [1.54, 1.807) is 0 Å². The summed E-state index contributed by atoms with van der Waals surface area (Å²) in [5.41, 5.74) is 0.386. The molecule has 172 valence electrons. The van der Waals surface area contributed by atoms with Crippen molar-refractivity contribution in [3.05, 3.63) is 29.8 Å². The molecule has 0 radical (unpaired) electrons. The molecule has 1 aliphatic heterocycles. The number of hydrogen-bond donors (Lipinski definition) is 2. The molecule has 31 heavy (non-hydrogen) atoms. The van der Waals surface area contributed by atoms with Crippen LogP contribution >= 0.6 is 0 Å². The molecule has 1 aromatic rings. The largest absolute Gasteiger partial charge is 0.349 e. The number of urea groups is 1. The molecule has 2 aliphatic rings. The SMILES string of the molecule is CON(C)S(=O)(=O)c1ccc(C(=O)NC2CCN(C(=O)NC3CCCCC3)CC2)cc1. The van der Waals surface area contributed by atoms with Gasteiger partial charge in [0.15, 0.2) is 0 Å². The number of rotatable bonds is 6. The minimum absolute atomic E-state index is 0.00509. The zero-order chi connectivity index (χ0) is 22.4. The molecule has 0 atom stereocenters. The molecule has 0 bridgehead atoms. The minimum atomic E-state index is -3.75. The van der Waals surface area contributed by atoms with Gasteiger partial charge in [0.25, 0.3) is 15.9 Å². The van der Waals surface area contributed by atoms with Crippen molar-refractivity contribution in [1.82, 2.24) is 20.0 Å². The van der Waals surface area contributed by atoms with Crippen LogP contribution in [-0.4, -0.2) is 69.1 Å². The van der Waals surface area contributed by atoms with E-state index in [9.17, 15) is 18.0 Å². The van der Waals surface area contributed by atoms with Crippen LogP contribution in [0, 0.1) is 0 Å². The maximum absolute atomic E-state index is 12.6. The Bertz CT molecular complexity index is 860. The number of benzene rings is 1. The van der Waals surface area contributed by atoms with Gasteiger partial charge < -0.3 is 15.5 Å². The second-order valence-corrected chi connectivity index (χ2v) is 10.1. The highest BCUT2D eigenvalue weighted by Crippen LogP contribution is 2.19. The van der Waals surface area contributed by atoms with Crippen molar-refractivity contribution in [2.24, 2.45) is 0 Å². The lowest BCUT2D eigenvalue weighted by Gasteiger charge is -2.34. The first-order valence-electron chi connectivity index (χ1n) is 10.8. The summed E-state index contributed by atoms with van der Waals surface area (Å²) in [5, 5.41) is 6.12. The average Bonchev–Trinajstić information content (AvgIpc) is 2.79. The van der Waals surface area contributed by atoms with E-state index in [1.165, 1.54) is 57.7 Å². The second kappa shape index (κ2) is 10.4. The summed E-state index contributed by atoms with van der Waals surface area (Å²) in [6.45, 7) is 1.20. The number of likely N-dealkylation sites (tertiary alicyclic amines) is 1. The number of carbonyl (C=O) groups excluding carboxylic acids is 2. The molecule has 0 aromatic heterocycles. The van der Waals surface area contributed by atoms with Crippen LogP contribution in [0.2, 0.25) is 0 Å². The van der Waals surface area contributed by atoms with Gasteiger partial charge in [0.1, 0.15) is 0 Å². The molecule has 1 heterocycles. The molecular formula is C21H32N4O5S. The van der Waals surface area contributed by atoms with Crippen molar-refractivity contribution in [2.45, 2.75) is 61.9 Å². The number of nitrogens with one attached hydrogen (secondary N) is 2. The van der Waals surface area contributed by atoms with Crippen LogP contribution in [0.5, 0.6) is 0 Å². The minimum Gasteiger partial charge on any atom is -0.349 e. The van der Waals surface area contributed by atoms with Crippen LogP contribution in [0.3, 0.4) is 0 Å². The molecule has 1 saturated carbocycles. The van der Waals surface area contributed by atoms with Crippen molar-refractivity contribution in [3.8, 4) is 0 Å². The van der Waals surface area contributed by atoms with Crippen molar-refractivity contribution < 1.29 is 22.8 Å². The number of nitrogens with zero attached hydrogens (tertiary/aromatic N) is 2. The third-order valence-electron chi connectivity index (χ3n) is 6.06. The van der Waals surface area contributed by atoms with Crippen LogP contribution in [0.4, 0.5) is 4.79 Å². The lowest BCUT2D eigenvalue weighted by atomic mass is 9.95. The van der Waals surface area contributed by atoms with Gasteiger partial charge in [-0.15, -0.1) is 0 Å². The molecule has 3 rings (SSSR count). The second-order valence-electron chi connectivity index (χ2n) is 8.14. The van der Waals surface area contributed by atoms with Crippen LogP contribution in [0.1, 0.15) is 55.3 Å². The first-order valence-corrected chi connectivity index (χ1v) is 12.2. The Labute approximate surface area is 184 Å². The van der Waals surface area contributed by atoms with Crippen LogP contribution in [0.25, 0.3) is 0 Å². The first-order chi connectivity index (χ1) is 14.8. The highest BCUT2D eigenvalue weighted by molar-refractivity contribution is 7.89. The number of carbonyl (C=O) groups is 2. The van der Waals surface area contributed by atoms with Gasteiger partial charge in [-0.05, 0) is 49.9 Å². The van der Waals surface area contributed by atoms with E-state index in [0.717, 1.165) is 17.3 Å². The molecule has 2 N–H and O–H groups in total. The van der Waals surface area contributed by atoms with E-state index >= 15 is 0 Å². The summed E-state index contributed by atoms with van der Waals surface area (Å²) in [6.07, 6.45) is 7.09. The summed E-state index contributed by atoms with van der Waals surface area (Å²) in [7, 11) is -1.18. The molecule has 1 saturated heterocycles. The van der Waals surface area contributed by atoms with Gasteiger partial charge in [0.05, 0.1) is 12.0 Å². The van der Waals surface area contributed by atoms with E-state index in [1.807, 2.05) is 4.90 Å². The van der Waals surface area contributed by atoms with Crippen molar-refractivity contribution >= 4 is 22.0 Å². The van der Waals surface area contributed by atoms with Gasteiger partial charge in [0.2, 0.25) is 0 Å². The molecule has 2 fully saturated rings. The van der Waals surface area contributed by atoms with Crippen molar-refractivity contribution in [2.75, 3.05) is 27.2 Å². The van der Waals surface area contributed by atoms with Crippen LogP contribution in [-0.2, 0) is 14.9 Å². The molecule has 1 aromatic carbocycles. The van der Waals surface area contributed by atoms with Gasteiger partial charge in [-0.2, -0.15) is 0 Å². The van der Waals surface area contributed by atoms with Gasteiger partial charge >= 0.3 is 6.03 Å². The van der Waals surface area contributed by atoms with E-state index in [-0.39, 0.29) is 28.9 Å². The zero-order valence-corrected chi connectivity index (χ0v) is 19.0. The van der Waals surface area contributed by atoms with Gasteiger partial charge in [-0.25, -0.2) is 13.2 Å². The fourth-order valence-electron chi connectivity index (χ4n) is 4.03. The molecule has 10 heteroatoms. The quantitative estimate of drug-likeness (QED) is 0.643. The Morgan fingerprint density at radius 3 is 2.13 bits per heavy atom. The van der Waals surface area contributed by atoms with Gasteiger partial charge in [-0.3, -0.25) is 9.63 Å². The van der Waals surface area contributed by atoms with Gasteiger partial charge in [-0.1, -0.05) is 23.7 Å². The number of sulfonamides is 1. The normalized spacial score (nSPS) is 18.7. The zero-order valence-electron chi connectivity index (χ0n) is 18.2. The molecule has 1 aliphatic carbocycles. The first kappa shape index (κ1) is 23.5. The molecular weight excluding hydrogens is 420 g/mol. The Morgan fingerprint density at radius 1 is 0.968 bits per heavy atom.